The molecule has 4 nitrogen and oxygen atoms in total. The van der Waals surface area contributed by atoms with E-state index in [1.807, 2.05) is 63.4 Å². The van der Waals surface area contributed by atoms with Crippen LogP contribution in [0.2, 0.25) is 0 Å². The molecule has 3 rings (SSSR count). The third-order valence-electron chi connectivity index (χ3n) is 4.45. The highest BCUT2D eigenvalue weighted by Gasteiger charge is 2.19. The van der Waals surface area contributed by atoms with E-state index in [0.29, 0.717) is 4.90 Å². The highest BCUT2D eigenvalue weighted by atomic mass is 32.2. The molecule has 1 N–H and O–H groups in total. The number of thiazole rings is 1. The summed E-state index contributed by atoms with van der Waals surface area (Å²) >= 11 is 1.61. The van der Waals surface area contributed by atoms with Gasteiger partial charge >= 0.3 is 0 Å². The minimum Gasteiger partial charge on any atom is -0.242 e. The summed E-state index contributed by atoms with van der Waals surface area (Å²) in [5, 5.41) is 3.05. The van der Waals surface area contributed by atoms with E-state index in [-0.39, 0.29) is 6.04 Å². The number of sulfonamides is 1. The van der Waals surface area contributed by atoms with E-state index < -0.39 is 10.0 Å². The summed E-state index contributed by atoms with van der Waals surface area (Å²) in [4.78, 5) is 4.77. The van der Waals surface area contributed by atoms with Gasteiger partial charge in [0.2, 0.25) is 10.0 Å². The molecule has 6 heteroatoms. The zero-order chi connectivity index (χ0) is 18.9. The summed E-state index contributed by atoms with van der Waals surface area (Å²) in [6.07, 6.45) is 0. The normalized spacial score (nSPS) is 12.9. The van der Waals surface area contributed by atoms with Crippen molar-refractivity contribution in [3.63, 3.8) is 0 Å². The van der Waals surface area contributed by atoms with Crippen LogP contribution < -0.4 is 4.72 Å². The highest BCUT2D eigenvalue weighted by Crippen LogP contribution is 2.24. The van der Waals surface area contributed by atoms with Crippen molar-refractivity contribution in [2.75, 3.05) is 0 Å². The molecule has 2 aromatic carbocycles. The van der Waals surface area contributed by atoms with Gasteiger partial charge in [-0.15, -0.1) is 11.3 Å². The average Bonchev–Trinajstić information content (AvgIpc) is 3.03. The predicted molar refractivity (Wildman–Crippen MR) is 107 cm³/mol. The van der Waals surface area contributed by atoms with Crippen LogP contribution in [0.3, 0.4) is 0 Å². The second kappa shape index (κ2) is 7.31. The van der Waals surface area contributed by atoms with Crippen molar-refractivity contribution in [3.05, 3.63) is 69.5 Å². The Balaban J connectivity index is 1.78. The van der Waals surface area contributed by atoms with Crippen molar-refractivity contribution in [3.8, 4) is 11.3 Å². The number of benzene rings is 2. The van der Waals surface area contributed by atoms with Crippen molar-refractivity contribution in [1.29, 1.82) is 0 Å². The van der Waals surface area contributed by atoms with Gasteiger partial charge in [0.15, 0.2) is 0 Å². The molecular weight excluding hydrogens is 364 g/mol. The van der Waals surface area contributed by atoms with Crippen LogP contribution in [0.15, 0.2) is 52.7 Å². The Hall–Kier alpha value is -2.02. The molecular formula is C20H22N2O2S2. The third-order valence-corrected chi connectivity index (χ3v) is 6.76. The molecule has 26 heavy (non-hydrogen) atoms. The van der Waals surface area contributed by atoms with E-state index in [2.05, 4.69) is 9.71 Å². The van der Waals surface area contributed by atoms with Crippen LogP contribution in [0.5, 0.6) is 0 Å². The number of rotatable bonds is 5. The van der Waals surface area contributed by atoms with E-state index in [1.165, 1.54) is 0 Å². The largest absolute Gasteiger partial charge is 0.242 e. The number of nitrogens with zero attached hydrogens (tertiary/aromatic N) is 1. The molecule has 1 heterocycles. The first kappa shape index (κ1) is 18.8. The van der Waals surface area contributed by atoms with Gasteiger partial charge in [-0.05, 0) is 56.5 Å². The molecule has 0 radical (unpaired) electrons. The maximum atomic E-state index is 12.7. The summed E-state index contributed by atoms with van der Waals surface area (Å²) in [7, 11) is -3.57. The average molecular weight is 387 g/mol. The van der Waals surface area contributed by atoms with Crippen molar-refractivity contribution < 1.29 is 8.42 Å². The molecule has 0 aliphatic carbocycles. The molecule has 0 fully saturated rings. The van der Waals surface area contributed by atoms with Crippen LogP contribution in [-0.4, -0.2) is 13.4 Å². The van der Waals surface area contributed by atoms with Crippen LogP contribution >= 0.6 is 11.3 Å². The zero-order valence-corrected chi connectivity index (χ0v) is 16.9. The van der Waals surface area contributed by atoms with Crippen LogP contribution in [-0.2, 0) is 10.0 Å². The van der Waals surface area contributed by atoms with E-state index in [0.717, 1.165) is 33.0 Å². The Morgan fingerprint density at radius 1 is 1.00 bits per heavy atom. The van der Waals surface area contributed by atoms with Gasteiger partial charge in [0, 0.05) is 17.0 Å². The van der Waals surface area contributed by atoms with Gasteiger partial charge in [-0.1, -0.05) is 30.3 Å². The molecule has 0 unspecified atom stereocenters. The molecule has 0 saturated heterocycles. The first-order valence-electron chi connectivity index (χ1n) is 8.38. The fourth-order valence-electron chi connectivity index (χ4n) is 2.69. The van der Waals surface area contributed by atoms with E-state index >= 15 is 0 Å². The van der Waals surface area contributed by atoms with Crippen LogP contribution in [0.25, 0.3) is 11.3 Å². The first-order valence-corrected chi connectivity index (χ1v) is 10.7. The number of hydrogen-bond donors (Lipinski definition) is 1. The summed E-state index contributed by atoms with van der Waals surface area (Å²) in [5.74, 6) is 0. The molecule has 0 aliphatic rings. The summed E-state index contributed by atoms with van der Waals surface area (Å²) < 4.78 is 28.1. The number of hydrogen-bond acceptors (Lipinski definition) is 4. The van der Waals surface area contributed by atoms with Crippen LogP contribution in [0.1, 0.15) is 34.7 Å². The minimum absolute atomic E-state index is 0.294. The minimum atomic E-state index is -3.57. The molecule has 0 bridgehead atoms. The lowest BCUT2D eigenvalue weighted by molar-refractivity contribution is 0.567. The molecule has 0 saturated carbocycles. The van der Waals surface area contributed by atoms with Crippen molar-refractivity contribution in [1.82, 2.24) is 9.71 Å². The second-order valence-electron chi connectivity index (χ2n) is 6.46. The lowest BCUT2D eigenvalue weighted by atomic mass is 10.1. The zero-order valence-electron chi connectivity index (χ0n) is 15.3. The lowest BCUT2D eigenvalue weighted by Crippen LogP contribution is -2.27. The first-order chi connectivity index (χ1) is 12.3. The smallest absolute Gasteiger partial charge is 0.241 e. The Labute approximate surface area is 159 Å². The molecule has 0 amide bonds. The summed E-state index contributed by atoms with van der Waals surface area (Å²) in [6, 6.07) is 12.7. The fourth-order valence-corrected chi connectivity index (χ4v) is 4.63. The quantitative estimate of drug-likeness (QED) is 0.687. The Morgan fingerprint density at radius 3 is 2.27 bits per heavy atom. The standard InChI is InChI=1S/C20H22N2O2S2/c1-13-5-10-19(11-14(13)2)26(23,24)22-15(3)17-6-8-18(9-7-17)20-12-25-16(4)21-20/h5-12,15,22H,1-4H3/t15-/m1/s1. The van der Waals surface area contributed by atoms with Gasteiger partial charge in [0.05, 0.1) is 15.6 Å². The number of aromatic nitrogens is 1. The van der Waals surface area contributed by atoms with Crippen LogP contribution in [0.4, 0.5) is 0 Å². The van der Waals surface area contributed by atoms with Gasteiger partial charge in [-0.2, -0.15) is 0 Å². The maximum Gasteiger partial charge on any atom is 0.241 e. The summed E-state index contributed by atoms with van der Waals surface area (Å²) in [5.41, 5.74) is 4.92. The number of aryl methyl sites for hydroxylation is 3. The molecule has 0 aliphatic heterocycles. The summed E-state index contributed by atoms with van der Waals surface area (Å²) in [6.45, 7) is 7.71. The fraction of sp³-hybridized carbons (Fsp3) is 0.250. The van der Waals surface area contributed by atoms with Crippen LogP contribution in [0, 0.1) is 20.8 Å². The monoisotopic (exact) mass is 386 g/mol. The molecule has 136 valence electrons. The van der Waals surface area contributed by atoms with Gasteiger partial charge in [0.1, 0.15) is 0 Å². The molecule has 0 spiro atoms. The second-order valence-corrected chi connectivity index (χ2v) is 9.24. The van der Waals surface area contributed by atoms with Gasteiger partial charge in [-0.25, -0.2) is 18.1 Å². The van der Waals surface area contributed by atoms with Gasteiger partial charge < -0.3 is 0 Å². The lowest BCUT2D eigenvalue weighted by Gasteiger charge is -2.16. The molecule has 1 atom stereocenters. The Kier molecular flexibility index (Phi) is 5.27. The van der Waals surface area contributed by atoms with E-state index in [9.17, 15) is 8.42 Å². The Bertz CT molecular complexity index is 1020. The SMILES string of the molecule is Cc1nc(-c2ccc([C@@H](C)NS(=O)(=O)c3ccc(C)c(C)c3)cc2)cs1. The predicted octanol–water partition coefficient (Wildman–Crippen LogP) is 4.77. The molecule has 1 aromatic heterocycles. The van der Waals surface area contributed by atoms with Gasteiger partial charge in [0.25, 0.3) is 0 Å². The van der Waals surface area contributed by atoms with Crippen molar-refractivity contribution in [2.45, 2.75) is 38.6 Å². The van der Waals surface area contributed by atoms with E-state index in [1.54, 1.807) is 23.5 Å². The third kappa shape index (κ3) is 4.03. The highest BCUT2D eigenvalue weighted by molar-refractivity contribution is 7.89. The number of nitrogens with one attached hydrogen (secondary N) is 1. The van der Waals surface area contributed by atoms with Gasteiger partial charge in [-0.3, -0.25) is 0 Å². The molecule has 3 aromatic rings. The maximum absolute atomic E-state index is 12.7. The van der Waals surface area contributed by atoms with Crippen molar-refractivity contribution >= 4 is 21.4 Å². The topological polar surface area (TPSA) is 59.1 Å². The van der Waals surface area contributed by atoms with Crippen molar-refractivity contribution in [2.24, 2.45) is 0 Å². The van der Waals surface area contributed by atoms with E-state index in [4.69, 9.17) is 0 Å². The Morgan fingerprint density at radius 2 is 1.69 bits per heavy atom.